The van der Waals surface area contributed by atoms with E-state index in [0.29, 0.717) is 37.2 Å². The van der Waals surface area contributed by atoms with E-state index >= 15 is 0 Å². The molecule has 5 atom stereocenters. The highest BCUT2D eigenvalue weighted by Gasteiger charge is 2.43. The van der Waals surface area contributed by atoms with Crippen LogP contribution in [0.25, 0.3) is 0 Å². The van der Waals surface area contributed by atoms with Crippen molar-refractivity contribution in [2.45, 2.75) is 102 Å². The van der Waals surface area contributed by atoms with Crippen LogP contribution in [0, 0.1) is 11.8 Å². The Morgan fingerprint density at radius 3 is 2.31 bits per heavy atom. The molecule has 1 heterocycles. The minimum Gasteiger partial charge on any atom is -0.497 e. The number of benzene rings is 3. The van der Waals surface area contributed by atoms with E-state index in [9.17, 15) is 19.5 Å². The van der Waals surface area contributed by atoms with Crippen molar-refractivity contribution in [3.8, 4) is 11.5 Å². The molecule has 3 aromatic rings. The van der Waals surface area contributed by atoms with Crippen molar-refractivity contribution < 1.29 is 33.7 Å². The summed E-state index contributed by atoms with van der Waals surface area (Å²) >= 11 is 3.53. The number of amides is 2. The fraction of sp³-hybridized carbons (Fsp3) is 0.500. The van der Waals surface area contributed by atoms with Gasteiger partial charge in [-0.1, -0.05) is 72.2 Å². The Labute approximate surface area is 312 Å². The van der Waals surface area contributed by atoms with E-state index in [1.807, 2.05) is 107 Å². The van der Waals surface area contributed by atoms with Crippen LogP contribution in [0.15, 0.2) is 77.3 Å². The van der Waals surface area contributed by atoms with Crippen LogP contribution in [0.2, 0.25) is 18.1 Å². The first-order valence-corrected chi connectivity index (χ1v) is 21.4. The minimum absolute atomic E-state index is 0.0601. The van der Waals surface area contributed by atoms with Crippen molar-refractivity contribution in [1.82, 2.24) is 10.6 Å². The molecule has 278 valence electrons. The third-order valence-corrected chi connectivity index (χ3v) is 14.0. The lowest BCUT2D eigenvalue weighted by molar-refractivity contribution is -0.127. The van der Waals surface area contributed by atoms with E-state index in [1.54, 1.807) is 7.11 Å². The van der Waals surface area contributed by atoms with Gasteiger partial charge in [-0.3, -0.25) is 4.79 Å². The lowest BCUT2D eigenvalue weighted by Crippen LogP contribution is -2.49. The molecule has 11 heteroatoms. The molecule has 2 amide bonds. The predicted octanol–water partition coefficient (Wildman–Crippen LogP) is 7.74. The summed E-state index contributed by atoms with van der Waals surface area (Å²) in [7, 11) is -1.12. The van der Waals surface area contributed by atoms with Gasteiger partial charge < -0.3 is 34.7 Å². The van der Waals surface area contributed by atoms with Crippen LogP contribution < -0.4 is 20.1 Å². The van der Waals surface area contributed by atoms with Crippen LogP contribution in [0.1, 0.15) is 70.2 Å². The smallest absolute Gasteiger partial charge is 0.407 e. The average Bonchev–Trinajstić information content (AvgIpc) is 3.04. The maximum Gasteiger partial charge on any atom is 0.407 e. The number of halogens is 1. The molecule has 3 aromatic carbocycles. The van der Waals surface area contributed by atoms with Gasteiger partial charge in [-0.05, 0) is 112 Å². The number of aliphatic hydroxyl groups is 1. The summed E-state index contributed by atoms with van der Waals surface area (Å²) in [5.41, 5.74) is 1.94. The van der Waals surface area contributed by atoms with Gasteiger partial charge in [-0.2, -0.15) is 0 Å². The second-order valence-electron chi connectivity index (χ2n) is 15.9. The molecular weight excluding hydrogens is 728 g/mol. The first-order chi connectivity index (χ1) is 23.8. The molecule has 9 nitrogen and oxygen atoms in total. The van der Waals surface area contributed by atoms with Crippen LogP contribution in [-0.4, -0.2) is 61.7 Å². The van der Waals surface area contributed by atoms with E-state index in [0.717, 1.165) is 21.2 Å². The van der Waals surface area contributed by atoms with E-state index in [4.69, 9.17) is 14.2 Å². The lowest BCUT2D eigenvalue weighted by Gasteiger charge is -2.41. The van der Waals surface area contributed by atoms with Gasteiger partial charge in [0, 0.05) is 22.0 Å². The number of hydrogen-bond acceptors (Lipinski definition) is 7. The zero-order valence-electron chi connectivity index (χ0n) is 31.2. The molecule has 0 fully saturated rings. The van der Waals surface area contributed by atoms with Gasteiger partial charge >= 0.3 is 6.09 Å². The summed E-state index contributed by atoms with van der Waals surface area (Å²) in [5, 5.41) is 16.9. The molecule has 0 saturated heterocycles. The zero-order chi connectivity index (χ0) is 37.6. The first kappa shape index (κ1) is 40.4. The highest BCUT2D eigenvalue weighted by molar-refractivity contribution is 9.10. The number of aliphatic hydroxyl groups excluding tert-OH is 1. The van der Waals surface area contributed by atoms with Crippen LogP contribution in [-0.2, 0) is 22.4 Å². The number of rotatable bonds is 14. The number of nitrogens with one attached hydrogen (secondary N) is 2. The Kier molecular flexibility index (Phi) is 13.4. The number of alkyl carbamates (subject to hydrolysis) is 1. The normalized spacial score (nSPS) is 18.0. The second kappa shape index (κ2) is 17.0. The van der Waals surface area contributed by atoms with E-state index < -0.39 is 49.2 Å². The van der Waals surface area contributed by atoms with Crippen LogP contribution in [0.5, 0.6) is 11.5 Å². The Bertz CT molecular complexity index is 1620. The van der Waals surface area contributed by atoms with Crippen molar-refractivity contribution in [1.29, 1.82) is 0 Å². The molecule has 0 aromatic heterocycles. The molecule has 0 unspecified atom stereocenters. The summed E-state index contributed by atoms with van der Waals surface area (Å²) in [4.78, 5) is 39.6. The summed E-state index contributed by atoms with van der Waals surface area (Å²) in [6.45, 7) is 13.5. The zero-order valence-corrected chi connectivity index (χ0v) is 33.8. The molecular formula is C40H55BrN2O7Si. The lowest BCUT2D eigenvalue weighted by atomic mass is 9.78. The number of carbonyl (C=O) groups excluding carboxylic acids is 2. The summed E-state index contributed by atoms with van der Waals surface area (Å²) in [6, 6.07) is 22.0. The molecule has 0 bridgehead atoms. The van der Waals surface area contributed by atoms with Crippen molar-refractivity contribution in [2.24, 2.45) is 11.8 Å². The maximum atomic E-state index is 14.6. The van der Waals surface area contributed by atoms with Gasteiger partial charge in [0.25, 0.3) is 0 Å². The van der Waals surface area contributed by atoms with Gasteiger partial charge in [-0.15, -0.1) is 0 Å². The first-order valence-electron chi connectivity index (χ1n) is 17.6. The third kappa shape index (κ3) is 11.6. The van der Waals surface area contributed by atoms with E-state index in [1.165, 1.54) is 0 Å². The van der Waals surface area contributed by atoms with Crippen LogP contribution >= 0.6 is 15.9 Å². The number of hydrogen-bond donors (Lipinski definition) is 4. The molecule has 0 saturated carbocycles. The standard InChI is InChI=1S/C40H55BrN2O7Si/c1-39(2,3)50-38(46)42-33(22-26-16-18-30(41)19-17-26)29(24-40(4,5)51(7,8)47)23-28(20-27-12-11-13-31(21-27)48-6)37(45)43-36-32-14-9-10-15-35(32)49-25-34(36)44/h9-19,21,28-29,33-34,36,44,47H,20,22-25H2,1-8H3,(H,42,46)(H,43,45)/t28-,29-,33+,34-,36+/m1/s1. The van der Waals surface area contributed by atoms with Crippen LogP contribution in [0.3, 0.4) is 0 Å². The number of carbonyl (C=O) groups is 2. The largest absolute Gasteiger partial charge is 0.497 e. The molecule has 1 aliphatic heterocycles. The minimum atomic E-state index is -2.73. The maximum absolute atomic E-state index is 14.6. The van der Waals surface area contributed by atoms with Crippen molar-refractivity contribution >= 4 is 36.2 Å². The molecule has 1 aliphatic rings. The van der Waals surface area contributed by atoms with E-state index in [-0.39, 0.29) is 18.4 Å². The number of methoxy groups -OCH3 is 1. The van der Waals surface area contributed by atoms with Gasteiger partial charge in [0.15, 0.2) is 8.32 Å². The average molecular weight is 784 g/mol. The fourth-order valence-electron chi connectivity index (χ4n) is 6.49. The number of fused-ring (bicyclic) bond motifs is 1. The summed E-state index contributed by atoms with van der Waals surface area (Å²) in [5.74, 6) is 0.260. The van der Waals surface area contributed by atoms with Gasteiger partial charge in [-0.25, -0.2) is 4.79 Å². The SMILES string of the molecule is COc1cccc(C[C@H](C[C@H](CC(C)(C)[Si](C)(C)O)[C@H](Cc2ccc(Br)cc2)NC(=O)OC(C)(C)C)C(=O)N[C@H]2c3ccccc3OC[C@H]2O)c1. The fourth-order valence-corrected chi connectivity index (χ4v) is 7.52. The van der Waals surface area contributed by atoms with Gasteiger partial charge in [0.05, 0.1) is 13.2 Å². The molecule has 51 heavy (non-hydrogen) atoms. The summed E-state index contributed by atoms with van der Waals surface area (Å²) in [6.07, 6.45) is 0.331. The van der Waals surface area contributed by atoms with Crippen molar-refractivity contribution in [2.75, 3.05) is 13.7 Å². The molecule has 0 spiro atoms. The van der Waals surface area contributed by atoms with Gasteiger partial charge in [0.1, 0.15) is 29.8 Å². The van der Waals surface area contributed by atoms with Gasteiger partial charge in [0.2, 0.25) is 5.91 Å². The Morgan fingerprint density at radius 1 is 0.980 bits per heavy atom. The number of para-hydroxylation sites is 1. The molecule has 4 N–H and O–H groups in total. The quantitative estimate of drug-likeness (QED) is 0.123. The number of ether oxygens (including phenoxy) is 3. The molecule has 4 rings (SSSR count). The monoisotopic (exact) mass is 782 g/mol. The molecule has 0 aliphatic carbocycles. The summed E-state index contributed by atoms with van der Waals surface area (Å²) < 4.78 is 18.0. The van der Waals surface area contributed by atoms with Crippen molar-refractivity contribution in [3.05, 3.63) is 94.0 Å². The third-order valence-electron chi connectivity index (χ3n) is 9.99. The topological polar surface area (TPSA) is 126 Å². The molecule has 0 radical (unpaired) electrons. The van der Waals surface area contributed by atoms with Crippen LogP contribution in [0.4, 0.5) is 4.79 Å². The Balaban J connectivity index is 1.78. The predicted molar refractivity (Wildman–Crippen MR) is 206 cm³/mol. The Hall–Kier alpha value is -3.38. The van der Waals surface area contributed by atoms with E-state index in [2.05, 4.69) is 40.4 Å². The Morgan fingerprint density at radius 2 is 1.67 bits per heavy atom. The second-order valence-corrected chi connectivity index (χ2v) is 21.3. The highest BCUT2D eigenvalue weighted by Crippen LogP contribution is 2.44. The highest BCUT2D eigenvalue weighted by atomic mass is 79.9. The van der Waals surface area contributed by atoms with Crippen molar-refractivity contribution in [3.63, 3.8) is 0 Å².